The van der Waals surface area contributed by atoms with Crippen molar-refractivity contribution in [3.63, 3.8) is 0 Å². The van der Waals surface area contributed by atoms with Gasteiger partial charge in [-0.2, -0.15) is 5.10 Å². The summed E-state index contributed by atoms with van der Waals surface area (Å²) >= 11 is 1.56. The number of aryl methyl sites for hydroxylation is 1. The molecule has 4 rings (SSSR count). The van der Waals surface area contributed by atoms with E-state index in [2.05, 4.69) is 15.4 Å². The van der Waals surface area contributed by atoms with E-state index in [1.54, 1.807) is 22.2 Å². The molecule has 0 aliphatic rings. The Kier molecular flexibility index (Phi) is 4.84. The minimum absolute atomic E-state index is 0.0978. The zero-order valence-electron chi connectivity index (χ0n) is 14.8. The summed E-state index contributed by atoms with van der Waals surface area (Å²) in [5.74, 6) is 1.14. The normalized spacial score (nSPS) is 10.9. The number of nitrogens with zero attached hydrogens (tertiary/aromatic N) is 3. The van der Waals surface area contributed by atoms with Gasteiger partial charge in [0.1, 0.15) is 5.76 Å². The summed E-state index contributed by atoms with van der Waals surface area (Å²) in [6.07, 6.45) is 3.80. The monoisotopic (exact) mass is 378 g/mol. The molecule has 0 bridgehead atoms. The Balaban J connectivity index is 1.43. The number of benzene rings is 1. The summed E-state index contributed by atoms with van der Waals surface area (Å²) in [6.45, 7) is 2.25. The van der Waals surface area contributed by atoms with Crippen LogP contribution >= 0.6 is 11.3 Å². The SMILES string of the molecule is Cc1oc(-c2cccs2)nc1CC(=O)NCc1ccccc1-n1cccn1. The first kappa shape index (κ1) is 17.2. The summed E-state index contributed by atoms with van der Waals surface area (Å²) in [6, 6.07) is 13.6. The highest BCUT2D eigenvalue weighted by molar-refractivity contribution is 7.13. The van der Waals surface area contributed by atoms with Crippen LogP contribution in [0.1, 0.15) is 17.0 Å². The third kappa shape index (κ3) is 3.83. The predicted molar refractivity (Wildman–Crippen MR) is 104 cm³/mol. The summed E-state index contributed by atoms with van der Waals surface area (Å²) in [5.41, 5.74) is 2.60. The molecule has 1 amide bonds. The van der Waals surface area contributed by atoms with Crippen LogP contribution in [0.4, 0.5) is 0 Å². The van der Waals surface area contributed by atoms with Crippen molar-refractivity contribution < 1.29 is 9.21 Å². The largest absolute Gasteiger partial charge is 0.440 e. The fourth-order valence-electron chi connectivity index (χ4n) is 2.80. The van der Waals surface area contributed by atoms with E-state index in [-0.39, 0.29) is 12.3 Å². The number of hydrogen-bond donors (Lipinski definition) is 1. The molecule has 0 atom stereocenters. The van der Waals surface area contributed by atoms with Gasteiger partial charge in [0.05, 0.1) is 22.7 Å². The van der Waals surface area contributed by atoms with E-state index in [0.29, 0.717) is 23.9 Å². The molecule has 0 saturated carbocycles. The van der Waals surface area contributed by atoms with E-state index in [0.717, 1.165) is 16.1 Å². The summed E-state index contributed by atoms with van der Waals surface area (Å²) in [7, 11) is 0. The van der Waals surface area contributed by atoms with Crippen molar-refractivity contribution in [1.82, 2.24) is 20.1 Å². The highest BCUT2D eigenvalue weighted by Crippen LogP contribution is 2.26. The number of rotatable bonds is 6. The van der Waals surface area contributed by atoms with Crippen LogP contribution in [0.25, 0.3) is 16.5 Å². The minimum atomic E-state index is -0.0978. The Hall–Kier alpha value is -3.19. The molecular formula is C20H18N4O2S. The number of thiophene rings is 1. The number of carbonyl (C=O) groups is 1. The molecule has 0 spiro atoms. The molecule has 3 heterocycles. The van der Waals surface area contributed by atoms with Crippen molar-refractivity contribution in [3.8, 4) is 16.5 Å². The highest BCUT2D eigenvalue weighted by atomic mass is 32.1. The highest BCUT2D eigenvalue weighted by Gasteiger charge is 2.15. The van der Waals surface area contributed by atoms with Gasteiger partial charge in [-0.05, 0) is 36.1 Å². The molecule has 0 aliphatic heterocycles. The molecular weight excluding hydrogens is 360 g/mol. The first-order valence-electron chi connectivity index (χ1n) is 8.55. The molecule has 7 heteroatoms. The molecule has 4 aromatic rings. The summed E-state index contributed by atoms with van der Waals surface area (Å²) in [4.78, 5) is 17.8. The van der Waals surface area contributed by atoms with Crippen molar-refractivity contribution in [2.24, 2.45) is 0 Å². The molecule has 0 radical (unpaired) electrons. The zero-order chi connectivity index (χ0) is 18.6. The number of amides is 1. The van der Waals surface area contributed by atoms with Crippen molar-refractivity contribution in [1.29, 1.82) is 0 Å². The quantitative estimate of drug-likeness (QED) is 0.554. The molecule has 0 aliphatic carbocycles. The van der Waals surface area contributed by atoms with E-state index >= 15 is 0 Å². The van der Waals surface area contributed by atoms with E-state index in [9.17, 15) is 4.79 Å². The standard InChI is InChI=1S/C20H18N4O2S/c1-14-16(23-20(26-14)18-8-4-11-27-18)12-19(25)21-13-15-6-2-3-7-17(15)24-10-5-9-22-24/h2-11H,12-13H2,1H3,(H,21,25). The Morgan fingerprint density at radius 1 is 1.22 bits per heavy atom. The third-order valence-corrected chi connectivity index (χ3v) is 5.03. The van der Waals surface area contributed by atoms with Crippen molar-refractivity contribution >= 4 is 17.2 Å². The van der Waals surface area contributed by atoms with Gasteiger partial charge in [-0.1, -0.05) is 24.3 Å². The molecule has 136 valence electrons. The van der Waals surface area contributed by atoms with Gasteiger partial charge in [0, 0.05) is 18.9 Å². The van der Waals surface area contributed by atoms with Gasteiger partial charge in [-0.3, -0.25) is 4.79 Å². The molecule has 3 aromatic heterocycles. The number of carbonyl (C=O) groups excluding carboxylic acids is 1. The summed E-state index contributed by atoms with van der Waals surface area (Å²) in [5, 5.41) is 9.20. The Labute approximate surface area is 160 Å². The number of oxazole rings is 1. The second-order valence-corrected chi connectivity index (χ2v) is 6.98. The number of nitrogens with one attached hydrogen (secondary N) is 1. The molecule has 0 fully saturated rings. The smallest absolute Gasteiger partial charge is 0.236 e. The van der Waals surface area contributed by atoms with Gasteiger partial charge >= 0.3 is 0 Å². The van der Waals surface area contributed by atoms with Crippen LogP contribution in [-0.2, 0) is 17.8 Å². The third-order valence-electron chi connectivity index (χ3n) is 4.17. The van der Waals surface area contributed by atoms with Crippen LogP contribution in [0.5, 0.6) is 0 Å². The molecule has 1 aromatic carbocycles. The van der Waals surface area contributed by atoms with Gasteiger partial charge < -0.3 is 9.73 Å². The fraction of sp³-hybridized carbons (Fsp3) is 0.150. The Morgan fingerprint density at radius 2 is 2.11 bits per heavy atom. The Bertz CT molecular complexity index is 1040. The van der Waals surface area contributed by atoms with Gasteiger partial charge in [-0.25, -0.2) is 9.67 Å². The first-order chi connectivity index (χ1) is 13.2. The second kappa shape index (κ2) is 7.59. The summed E-state index contributed by atoms with van der Waals surface area (Å²) < 4.78 is 7.49. The predicted octanol–water partition coefficient (Wildman–Crippen LogP) is 3.76. The van der Waals surface area contributed by atoms with Crippen LogP contribution in [0.3, 0.4) is 0 Å². The van der Waals surface area contributed by atoms with Crippen molar-refractivity contribution in [2.75, 3.05) is 0 Å². The molecule has 1 N–H and O–H groups in total. The average molecular weight is 378 g/mol. The van der Waals surface area contributed by atoms with E-state index in [1.165, 1.54) is 0 Å². The number of hydrogen-bond acceptors (Lipinski definition) is 5. The lowest BCUT2D eigenvalue weighted by atomic mass is 10.1. The van der Waals surface area contributed by atoms with E-state index in [1.807, 2.05) is 61.0 Å². The first-order valence-corrected chi connectivity index (χ1v) is 9.43. The second-order valence-electron chi connectivity index (χ2n) is 6.03. The van der Waals surface area contributed by atoms with Crippen molar-refractivity contribution in [3.05, 3.63) is 77.3 Å². The van der Waals surface area contributed by atoms with E-state index < -0.39 is 0 Å². The van der Waals surface area contributed by atoms with Crippen LogP contribution in [0.15, 0.2) is 64.7 Å². The molecule has 27 heavy (non-hydrogen) atoms. The van der Waals surface area contributed by atoms with Gasteiger partial charge in [0.2, 0.25) is 11.8 Å². The van der Waals surface area contributed by atoms with Crippen molar-refractivity contribution in [2.45, 2.75) is 19.9 Å². The molecule has 0 saturated heterocycles. The maximum atomic E-state index is 12.4. The number of para-hydroxylation sites is 1. The van der Waals surface area contributed by atoms with Crippen LogP contribution in [0.2, 0.25) is 0 Å². The lowest BCUT2D eigenvalue weighted by Crippen LogP contribution is -2.25. The Morgan fingerprint density at radius 3 is 2.89 bits per heavy atom. The maximum absolute atomic E-state index is 12.4. The van der Waals surface area contributed by atoms with Crippen LogP contribution in [0, 0.1) is 6.92 Å². The topological polar surface area (TPSA) is 73.0 Å². The average Bonchev–Trinajstić information content (AvgIpc) is 3.43. The lowest BCUT2D eigenvalue weighted by Gasteiger charge is -2.10. The number of aromatic nitrogens is 3. The van der Waals surface area contributed by atoms with Gasteiger partial charge in [-0.15, -0.1) is 11.3 Å². The van der Waals surface area contributed by atoms with E-state index in [4.69, 9.17) is 4.42 Å². The minimum Gasteiger partial charge on any atom is -0.440 e. The van der Waals surface area contributed by atoms with Crippen LogP contribution in [-0.4, -0.2) is 20.7 Å². The molecule has 0 unspecified atom stereocenters. The zero-order valence-corrected chi connectivity index (χ0v) is 15.6. The fourth-order valence-corrected chi connectivity index (χ4v) is 3.45. The maximum Gasteiger partial charge on any atom is 0.236 e. The van der Waals surface area contributed by atoms with Gasteiger partial charge in [0.25, 0.3) is 0 Å². The van der Waals surface area contributed by atoms with Crippen LogP contribution < -0.4 is 5.32 Å². The molecule has 6 nitrogen and oxygen atoms in total. The van der Waals surface area contributed by atoms with Gasteiger partial charge in [0.15, 0.2) is 0 Å². The lowest BCUT2D eigenvalue weighted by molar-refractivity contribution is -0.120.